The highest BCUT2D eigenvalue weighted by Crippen LogP contribution is 2.32. The quantitative estimate of drug-likeness (QED) is 0.827. The molecular formula is C13H17NO5S. The number of amides is 1. The number of nitrogens with one attached hydrogen (secondary N) is 1. The van der Waals surface area contributed by atoms with E-state index in [1.54, 1.807) is 0 Å². The minimum atomic E-state index is -3.04. The lowest BCUT2D eigenvalue weighted by atomic mass is 10.1. The number of carbonyl (C=O) groups excluding carboxylic acids is 1. The zero-order valence-electron chi connectivity index (χ0n) is 11.2. The van der Waals surface area contributed by atoms with E-state index < -0.39 is 9.84 Å². The Morgan fingerprint density at radius 3 is 2.80 bits per heavy atom. The first-order chi connectivity index (χ1) is 9.44. The molecule has 110 valence electrons. The van der Waals surface area contributed by atoms with Crippen LogP contribution in [0.5, 0.6) is 11.5 Å². The van der Waals surface area contributed by atoms with Crippen molar-refractivity contribution < 1.29 is 22.7 Å². The maximum Gasteiger partial charge on any atom is 0.231 e. The van der Waals surface area contributed by atoms with Crippen molar-refractivity contribution in [1.82, 2.24) is 5.32 Å². The minimum Gasteiger partial charge on any atom is -0.454 e. The predicted molar refractivity (Wildman–Crippen MR) is 73.6 cm³/mol. The van der Waals surface area contributed by atoms with Gasteiger partial charge >= 0.3 is 0 Å². The van der Waals surface area contributed by atoms with E-state index in [1.165, 1.54) is 0 Å². The molecule has 0 unspecified atom stereocenters. The Morgan fingerprint density at radius 1 is 1.30 bits per heavy atom. The number of benzene rings is 1. The van der Waals surface area contributed by atoms with Crippen LogP contribution in [0.3, 0.4) is 0 Å². The van der Waals surface area contributed by atoms with E-state index in [4.69, 9.17) is 9.47 Å². The first kappa shape index (κ1) is 14.6. The maximum atomic E-state index is 11.6. The van der Waals surface area contributed by atoms with E-state index in [0.29, 0.717) is 24.3 Å². The molecule has 0 saturated heterocycles. The molecule has 1 aliphatic heterocycles. The van der Waals surface area contributed by atoms with Gasteiger partial charge in [0, 0.05) is 19.2 Å². The van der Waals surface area contributed by atoms with Crippen LogP contribution in [0, 0.1) is 0 Å². The third kappa shape index (κ3) is 4.41. The average Bonchev–Trinajstić information content (AvgIpc) is 2.82. The zero-order valence-corrected chi connectivity index (χ0v) is 12.0. The number of carbonyl (C=O) groups is 1. The molecule has 0 radical (unpaired) electrons. The smallest absolute Gasteiger partial charge is 0.231 e. The summed E-state index contributed by atoms with van der Waals surface area (Å²) in [5, 5.41) is 2.59. The van der Waals surface area contributed by atoms with Crippen molar-refractivity contribution in [2.75, 3.05) is 25.3 Å². The lowest BCUT2D eigenvalue weighted by Gasteiger charge is -2.05. The number of aryl methyl sites for hydroxylation is 1. The van der Waals surface area contributed by atoms with Crippen LogP contribution < -0.4 is 14.8 Å². The fraction of sp³-hybridized carbons (Fsp3) is 0.462. The molecule has 0 aromatic heterocycles. The Bertz CT molecular complexity index is 597. The lowest BCUT2D eigenvalue weighted by Crippen LogP contribution is -2.28. The van der Waals surface area contributed by atoms with Gasteiger partial charge in [-0.1, -0.05) is 6.07 Å². The molecule has 2 rings (SSSR count). The molecule has 0 bridgehead atoms. The Morgan fingerprint density at radius 2 is 2.05 bits per heavy atom. The number of rotatable bonds is 6. The Labute approximate surface area is 118 Å². The second kappa shape index (κ2) is 6.13. The highest BCUT2D eigenvalue weighted by Gasteiger charge is 2.13. The fourth-order valence-electron chi connectivity index (χ4n) is 1.82. The first-order valence-corrected chi connectivity index (χ1v) is 8.33. The molecule has 0 atom stereocenters. The third-order valence-electron chi connectivity index (χ3n) is 2.87. The van der Waals surface area contributed by atoms with E-state index in [1.807, 2.05) is 18.2 Å². The summed E-state index contributed by atoms with van der Waals surface area (Å²) in [7, 11) is -3.04. The van der Waals surface area contributed by atoms with E-state index >= 15 is 0 Å². The Balaban J connectivity index is 1.76. The van der Waals surface area contributed by atoms with Gasteiger partial charge < -0.3 is 14.8 Å². The zero-order chi connectivity index (χ0) is 14.6. The molecule has 0 aliphatic carbocycles. The normalized spacial score (nSPS) is 13.2. The molecule has 1 aromatic rings. The van der Waals surface area contributed by atoms with Gasteiger partial charge in [0.05, 0.1) is 5.75 Å². The summed E-state index contributed by atoms with van der Waals surface area (Å²) in [6.45, 7) is 0.379. The molecule has 1 aliphatic rings. The van der Waals surface area contributed by atoms with E-state index in [2.05, 4.69) is 5.32 Å². The van der Waals surface area contributed by atoms with Crippen molar-refractivity contribution in [1.29, 1.82) is 0 Å². The van der Waals surface area contributed by atoms with E-state index in [-0.39, 0.29) is 25.0 Å². The Kier molecular flexibility index (Phi) is 4.49. The first-order valence-electron chi connectivity index (χ1n) is 6.27. The molecule has 1 N–H and O–H groups in total. The van der Waals surface area contributed by atoms with Gasteiger partial charge in [-0.05, 0) is 24.1 Å². The number of hydrogen-bond acceptors (Lipinski definition) is 5. The number of sulfone groups is 1. The molecule has 0 spiro atoms. The third-order valence-corrected chi connectivity index (χ3v) is 3.82. The van der Waals surface area contributed by atoms with Crippen LogP contribution in [0.15, 0.2) is 18.2 Å². The summed E-state index contributed by atoms with van der Waals surface area (Å²) in [5.74, 6) is 1.21. The summed E-state index contributed by atoms with van der Waals surface area (Å²) in [4.78, 5) is 11.6. The monoisotopic (exact) mass is 299 g/mol. The van der Waals surface area contributed by atoms with Crippen molar-refractivity contribution in [3.8, 4) is 11.5 Å². The van der Waals surface area contributed by atoms with Gasteiger partial charge in [-0.25, -0.2) is 8.42 Å². The molecule has 6 nitrogen and oxygen atoms in total. The van der Waals surface area contributed by atoms with E-state index in [0.717, 1.165) is 11.8 Å². The topological polar surface area (TPSA) is 81.7 Å². The van der Waals surface area contributed by atoms with Crippen LogP contribution in [-0.4, -0.2) is 39.7 Å². The van der Waals surface area contributed by atoms with Gasteiger partial charge in [0.15, 0.2) is 11.5 Å². The summed E-state index contributed by atoms with van der Waals surface area (Å²) in [5.41, 5.74) is 0.979. The molecule has 7 heteroatoms. The largest absolute Gasteiger partial charge is 0.454 e. The fourth-order valence-corrected chi connectivity index (χ4v) is 2.29. The molecule has 1 heterocycles. The SMILES string of the molecule is CS(=O)(=O)CCNC(=O)CCc1ccc2c(c1)OCO2. The Hall–Kier alpha value is -1.76. The minimum absolute atomic E-state index is 0.0389. The molecule has 0 fully saturated rings. The van der Waals surface area contributed by atoms with E-state index in [9.17, 15) is 13.2 Å². The second-order valence-corrected chi connectivity index (χ2v) is 6.93. The lowest BCUT2D eigenvalue weighted by molar-refractivity contribution is -0.120. The summed E-state index contributed by atoms with van der Waals surface area (Å²) < 4.78 is 32.3. The van der Waals surface area contributed by atoms with Gasteiger partial charge in [-0.3, -0.25) is 4.79 Å². The highest BCUT2D eigenvalue weighted by atomic mass is 32.2. The number of ether oxygens (including phenoxy) is 2. The van der Waals surface area contributed by atoms with Gasteiger partial charge in [-0.15, -0.1) is 0 Å². The summed E-state index contributed by atoms with van der Waals surface area (Å²) in [6.07, 6.45) is 2.02. The molecule has 20 heavy (non-hydrogen) atoms. The van der Waals surface area contributed by atoms with Crippen LogP contribution in [0.1, 0.15) is 12.0 Å². The van der Waals surface area contributed by atoms with Gasteiger partial charge in [-0.2, -0.15) is 0 Å². The molecule has 1 amide bonds. The van der Waals surface area contributed by atoms with Crippen LogP contribution in [0.2, 0.25) is 0 Å². The number of fused-ring (bicyclic) bond motifs is 1. The second-order valence-electron chi connectivity index (χ2n) is 4.67. The van der Waals surface area contributed by atoms with Crippen molar-refractivity contribution in [2.45, 2.75) is 12.8 Å². The van der Waals surface area contributed by atoms with Crippen LogP contribution >= 0.6 is 0 Å². The van der Waals surface area contributed by atoms with Gasteiger partial charge in [0.2, 0.25) is 12.7 Å². The van der Waals surface area contributed by atoms with Crippen molar-refractivity contribution in [3.05, 3.63) is 23.8 Å². The van der Waals surface area contributed by atoms with Crippen LogP contribution in [0.4, 0.5) is 0 Å². The average molecular weight is 299 g/mol. The molecular weight excluding hydrogens is 282 g/mol. The number of hydrogen-bond donors (Lipinski definition) is 1. The summed E-state index contributed by atoms with van der Waals surface area (Å²) >= 11 is 0. The molecule has 1 aromatic carbocycles. The van der Waals surface area contributed by atoms with Gasteiger partial charge in [0.1, 0.15) is 9.84 Å². The van der Waals surface area contributed by atoms with Crippen molar-refractivity contribution >= 4 is 15.7 Å². The maximum absolute atomic E-state index is 11.6. The highest BCUT2D eigenvalue weighted by molar-refractivity contribution is 7.90. The summed E-state index contributed by atoms with van der Waals surface area (Å²) in [6, 6.07) is 5.56. The standard InChI is InChI=1S/C13H17NO5S/c1-20(16,17)7-6-14-13(15)5-3-10-2-4-11-12(8-10)19-9-18-11/h2,4,8H,3,5-7,9H2,1H3,(H,14,15). The van der Waals surface area contributed by atoms with Crippen molar-refractivity contribution in [2.24, 2.45) is 0 Å². The predicted octanol–water partition coefficient (Wildman–Crippen LogP) is 0.509. The van der Waals surface area contributed by atoms with Crippen LogP contribution in [-0.2, 0) is 21.1 Å². The van der Waals surface area contributed by atoms with Crippen molar-refractivity contribution in [3.63, 3.8) is 0 Å². The van der Waals surface area contributed by atoms with Crippen LogP contribution in [0.25, 0.3) is 0 Å². The molecule has 0 saturated carbocycles. The van der Waals surface area contributed by atoms with Gasteiger partial charge in [0.25, 0.3) is 0 Å².